The van der Waals surface area contributed by atoms with Crippen molar-refractivity contribution in [2.75, 3.05) is 39.3 Å². The van der Waals surface area contributed by atoms with Gasteiger partial charge >= 0.3 is 0 Å². The van der Waals surface area contributed by atoms with Crippen molar-refractivity contribution < 1.29 is 9.90 Å². The molecule has 1 atom stereocenters. The van der Waals surface area contributed by atoms with Crippen molar-refractivity contribution in [3.05, 3.63) is 35.9 Å². The first-order chi connectivity index (χ1) is 11.2. The van der Waals surface area contributed by atoms with Crippen LogP contribution in [-0.2, 0) is 11.3 Å². The van der Waals surface area contributed by atoms with E-state index in [2.05, 4.69) is 39.4 Å². The van der Waals surface area contributed by atoms with Crippen LogP contribution in [0.2, 0.25) is 0 Å². The minimum atomic E-state index is -0.424. The fraction of sp³-hybridized carbons (Fsp3) is 0.611. The van der Waals surface area contributed by atoms with E-state index in [1.165, 1.54) is 5.56 Å². The fourth-order valence-electron chi connectivity index (χ4n) is 2.87. The van der Waals surface area contributed by atoms with Gasteiger partial charge in [0.25, 0.3) is 0 Å². The molecule has 1 aromatic carbocycles. The molecule has 1 amide bonds. The maximum absolute atomic E-state index is 11.9. The zero-order chi connectivity index (χ0) is 16.5. The molecule has 0 spiro atoms. The Labute approximate surface area is 139 Å². The summed E-state index contributed by atoms with van der Waals surface area (Å²) in [6, 6.07) is 10.5. The lowest BCUT2D eigenvalue weighted by Crippen LogP contribution is -2.49. The normalized spacial score (nSPS) is 17.8. The van der Waals surface area contributed by atoms with Gasteiger partial charge in [0.1, 0.15) is 0 Å². The molecule has 23 heavy (non-hydrogen) atoms. The van der Waals surface area contributed by atoms with Crippen LogP contribution in [0.1, 0.15) is 25.3 Å². The molecule has 5 nitrogen and oxygen atoms in total. The number of hydrogen-bond donors (Lipinski definition) is 2. The number of amides is 1. The summed E-state index contributed by atoms with van der Waals surface area (Å²) in [5.74, 6) is 0.0108. The number of aliphatic hydroxyl groups is 1. The number of carbonyl (C=O) groups excluding carboxylic acids is 1. The Kier molecular flexibility index (Phi) is 7.52. The number of piperazine rings is 1. The molecule has 1 aromatic rings. The van der Waals surface area contributed by atoms with E-state index < -0.39 is 6.10 Å². The highest BCUT2D eigenvalue weighted by Gasteiger charge is 2.19. The average Bonchev–Trinajstić information content (AvgIpc) is 2.56. The Morgan fingerprint density at radius 2 is 1.83 bits per heavy atom. The third kappa shape index (κ3) is 6.69. The molecule has 128 valence electrons. The SMILES string of the molecule is CCCC(O)CNC(=O)CN1CCN(Cc2ccccc2)CC1. The molecule has 0 radical (unpaired) electrons. The highest BCUT2D eigenvalue weighted by atomic mass is 16.3. The summed E-state index contributed by atoms with van der Waals surface area (Å²) in [5, 5.41) is 12.5. The summed E-state index contributed by atoms with van der Waals surface area (Å²) < 4.78 is 0. The van der Waals surface area contributed by atoms with E-state index in [4.69, 9.17) is 0 Å². The monoisotopic (exact) mass is 319 g/mol. The molecule has 1 aliphatic heterocycles. The third-order valence-electron chi connectivity index (χ3n) is 4.24. The van der Waals surface area contributed by atoms with E-state index >= 15 is 0 Å². The number of hydrogen-bond acceptors (Lipinski definition) is 4. The predicted molar refractivity (Wildman–Crippen MR) is 92.1 cm³/mol. The first-order valence-electron chi connectivity index (χ1n) is 8.60. The highest BCUT2D eigenvalue weighted by Crippen LogP contribution is 2.08. The number of nitrogens with one attached hydrogen (secondary N) is 1. The zero-order valence-corrected chi connectivity index (χ0v) is 14.1. The van der Waals surface area contributed by atoms with Gasteiger partial charge in [-0.25, -0.2) is 0 Å². The molecule has 0 saturated carbocycles. The van der Waals surface area contributed by atoms with Crippen LogP contribution in [0, 0.1) is 0 Å². The molecule has 1 fully saturated rings. The second-order valence-electron chi connectivity index (χ2n) is 6.28. The summed E-state index contributed by atoms with van der Waals surface area (Å²) in [5.41, 5.74) is 1.34. The number of rotatable bonds is 8. The molecule has 1 aliphatic rings. The quantitative estimate of drug-likeness (QED) is 0.753. The van der Waals surface area contributed by atoms with Crippen LogP contribution in [-0.4, -0.2) is 66.2 Å². The molecule has 0 aromatic heterocycles. The summed E-state index contributed by atoms with van der Waals surface area (Å²) in [4.78, 5) is 16.5. The van der Waals surface area contributed by atoms with Crippen LogP contribution >= 0.6 is 0 Å². The summed E-state index contributed by atoms with van der Waals surface area (Å²) in [7, 11) is 0. The Bertz CT molecular complexity index is 459. The minimum absolute atomic E-state index is 0.0108. The second-order valence-corrected chi connectivity index (χ2v) is 6.28. The molecule has 2 N–H and O–H groups in total. The smallest absolute Gasteiger partial charge is 0.234 e. The van der Waals surface area contributed by atoms with Crippen molar-refractivity contribution in [1.82, 2.24) is 15.1 Å². The van der Waals surface area contributed by atoms with Crippen LogP contribution in [0.5, 0.6) is 0 Å². The highest BCUT2D eigenvalue weighted by molar-refractivity contribution is 5.78. The first kappa shape index (κ1) is 17.9. The van der Waals surface area contributed by atoms with Gasteiger partial charge in [-0.2, -0.15) is 0 Å². The van der Waals surface area contributed by atoms with Crippen LogP contribution in [0.25, 0.3) is 0 Å². The van der Waals surface area contributed by atoms with Gasteiger partial charge < -0.3 is 10.4 Å². The molecule has 2 rings (SSSR count). The zero-order valence-electron chi connectivity index (χ0n) is 14.1. The van der Waals surface area contributed by atoms with Crippen molar-refractivity contribution in [2.45, 2.75) is 32.4 Å². The summed E-state index contributed by atoms with van der Waals surface area (Å²) >= 11 is 0. The Balaban J connectivity index is 1.63. The number of carbonyl (C=O) groups is 1. The van der Waals surface area contributed by atoms with Crippen molar-refractivity contribution in [3.63, 3.8) is 0 Å². The molecule has 5 heteroatoms. The maximum Gasteiger partial charge on any atom is 0.234 e. The largest absolute Gasteiger partial charge is 0.391 e. The van der Waals surface area contributed by atoms with Crippen molar-refractivity contribution in [3.8, 4) is 0 Å². The van der Waals surface area contributed by atoms with Gasteiger partial charge in [0.05, 0.1) is 12.6 Å². The second kappa shape index (κ2) is 9.65. The average molecular weight is 319 g/mol. The van der Waals surface area contributed by atoms with E-state index in [1.807, 2.05) is 13.0 Å². The molecule has 1 saturated heterocycles. The van der Waals surface area contributed by atoms with Gasteiger partial charge in [0.2, 0.25) is 5.91 Å². The predicted octanol–water partition coefficient (Wildman–Crippen LogP) is 1.08. The third-order valence-corrected chi connectivity index (χ3v) is 4.24. The Hall–Kier alpha value is -1.43. The summed E-state index contributed by atoms with van der Waals surface area (Å²) in [6.07, 6.45) is 1.24. The number of benzene rings is 1. The van der Waals surface area contributed by atoms with E-state index in [-0.39, 0.29) is 5.91 Å². The number of aliphatic hydroxyl groups excluding tert-OH is 1. The van der Waals surface area contributed by atoms with Crippen LogP contribution in [0.15, 0.2) is 30.3 Å². The Morgan fingerprint density at radius 1 is 1.17 bits per heavy atom. The van der Waals surface area contributed by atoms with Crippen molar-refractivity contribution in [1.29, 1.82) is 0 Å². The van der Waals surface area contributed by atoms with Gasteiger partial charge in [-0.05, 0) is 12.0 Å². The maximum atomic E-state index is 11.9. The van der Waals surface area contributed by atoms with Gasteiger partial charge in [0, 0.05) is 39.3 Å². The van der Waals surface area contributed by atoms with Gasteiger partial charge in [-0.15, -0.1) is 0 Å². The van der Waals surface area contributed by atoms with E-state index in [0.29, 0.717) is 13.1 Å². The lowest BCUT2D eigenvalue weighted by Gasteiger charge is -2.34. The van der Waals surface area contributed by atoms with E-state index in [9.17, 15) is 9.90 Å². The first-order valence-corrected chi connectivity index (χ1v) is 8.60. The van der Waals surface area contributed by atoms with Gasteiger partial charge in [-0.1, -0.05) is 43.7 Å². The van der Waals surface area contributed by atoms with Crippen molar-refractivity contribution >= 4 is 5.91 Å². The molecular formula is C18H29N3O2. The molecule has 0 bridgehead atoms. The molecule has 1 unspecified atom stereocenters. The standard InChI is InChI=1S/C18H29N3O2/c1-2-6-17(22)13-19-18(23)15-21-11-9-20(10-12-21)14-16-7-4-3-5-8-16/h3-5,7-8,17,22H,2,6,9-15H2,1H3,(H,19,23). The molecule has 1 heterocycles. The number of nitrogens with zero attached hydrogens (tertiary/aromatic N) is 2. The van der Waals surface area contributed by atoms with Gasteiger partial charge in [-0.3, -0.25) is 14.6 Å². The van der Waals surface area contributed by atoms with E-state index in [1.54, 1.807) is 0 Å². The lowest BCUT2D eigenvalue weighted by molar-refractivity contribution is -0.123. The summed E-state index contributed by atoms with van der Waals surface area (Å²) in [6.45, 7) is 7.60. The minimum Gasteiger partial charge on any atom is -0.391 e. The fourth-order valence-corrected chi connectivity index (χ4v) is 2.87. The topological polar surface area (TPSA) is 55.8 Å². The van der Waals surface area contributed by atoms with Crippen LogP contribution < -0.4 is 5.32 Å². The van der Waals surface area contributed by atoms with Crippen molar-refractivity contribution in [2.24, 2.45) is 0 Å². The van der Waals surface area contributed by atoms with Crippen LogP contribution in [0.4, 0.5) is 0 Å². The van der Waals surface area contributed by atoms with Crippen LogP contribution in [0.3, 0.4) is 0 Å². The van der Waals surface area contributed by atoms with E-state index in [0.717, 1.165) is 45.6 Å². The lowest BCUT2D eigenvalue weighted by atomic mass is 10.2. The molecular weight excluding hydrogens is 290 g/mol. The van der Waals surface area contributed by atoms with Gasteiger partial charge in [0.15, 0.2) is 0 Å². The molecule has 0 aliphatic carbocycles. The Morgan fingerprint density at radius 3 is 2.48 bits per heavy atom.